The van der Waals surface area contributed by atoms with Gasteiger partial charge in [0.2, 0.25) is 0 Å². The van der Waals surface area contributed by atoms with Crippen molar-refractivity contribution in [2.75, 3.05) is 13.7 Å². The number of rotatable bonds is 8. The van der Waals surface area contributed by atoms with Gasteiger partial charge in [0.1, 0.15) is 11.5 Å². The number of carbonyl (C=O) groups is 3. The molecular formula is C27H23NO6. The molecule has 0 unspecified atom stereocenters. The van der Waals surface area contributed by atoms with Crippen LogP contribution in [0.15, 0.2) is 72.8 Å². The van der Waals surface area contributed by atoms with Crippen molar-refractivity contribution in [1.82, 2.24) is 4.90 Å². The number of carbonyl (C=O) groups excluding carboxylic acids is 2. The Morgan fingerprint density at radius 2 is 1.65 bits per heavy atom. The maximum Gasteiger partial charge on any atom is 0.306 e. The van der Waals surface area contributed by atoms with Crippen molar-refractivity contribution >= 4 is 29.4 Å². The highest BCUT2D eigenvalue weighted by Gasteiger charge is 2.34. The number of carboxylic acid groups (broad SMARTS) is 1. The summed E-state index contributed by atoms with van der Waals surface area (Å²) in [6, 6.07) is 21.3. The molecule has 0 saturated heterocycles. The van der Waals surface area contributed by atoms with E-state index in [4.69, 9.17) is 14.6 Å². The van der Waals surface area contributed by atoms with Gasteiger partial charge in [-0.25, -0.2) is 0 Å². The predicted molar refractivity (Wildman–Crippen MR) is 126 cm³/mol. The Balaban J connectivity index is 1.66. The summed E-state index contributed by atoms with van der Waals surface area (Å²) in [4.78, 5) is 38.6. The van der Waals surface area contributed by atoms with Crippen molar-refractivity contribution in [3.8, 4) is 11.5 Å². The first-order valence-corrected chi connectivity index (χ1v) is 10.7. The van der Waals surface area contributed by atoms with Crippen molar-refractivity contribution in [2.45, 2.75) is 13.0 Å². The Kier molecular flexibility index (Phi) is 6.73. The lowest BCUT2D eigenvalue weighted by Crippen LogP contribution is -2.41. The third-order valence-corrected chi connectivity index (χ3v) is 5.42. The number of methoxy groups -OCH3 is 1. The molecule has 0 saturated carbocycles. The molecule has 4 rings (SSSR count). The number of aliphatic carboxylic acids is 1. The number of hydrogen-bond acceptors (Lipinski definition) is 5. The quantitative estimate of drug-likeness (QED) is 0.401. The van der Waals surface area contributed by atoms with E-state index in [-0.39, 0.29) is 25.5 Å². The van der Waals surface area contributed by atoms with E-state index in [1.807, 2.05) is 18.2 Å². The van der Waals surface area contributed by atoms with Crippen LogP contribution in [-0.4, -0.2) is 41.5 Å². The van der Waals surface area contributed by atoms with Crippen LogP contribution in [0.4, 0.5) is 0 Å². The van der Waals surface area contributed by atoms with E-state index in [0.29, 0.717) is 33.8 Å². The first-order valence-electron chi connectivity index (χ1n) is 10.7. The fourth-order valence-electron chi connectivity index (χ4n) is 3.72. The zero-order chi connectivity index (χ0) is 24.1. The maximum absolute atomic E-state index is 13.5. The fourth-order valence-corrected chi connectivity index (χ4v) is 3.72. The smallest absolute Gasteiger partial charge is 0.306 e. The van der Waals surface area contributed by atoms with Gasteiger partial charge in [-0.3, -0.25) is 19.3 Å². The number of fused-ring (bicyclic) bond motifs is 1. The van der Waals surface area contributed by atoms with Crippen LogP contribution >= 0.6 is 0 Å². The van der Waals surface area contributed by atoms with Crippen molar-refractivity contribution in [3.63, 3.8) is 0 Å². The van der Waals surface area contributed by atoms with Gasteiger partial charge in [0.15, 0.2) is 0 Å². The fraction of sp³-hybridized carbons (Fsp3) is 0.148. The minimum absolute atomic E-state index is 0.0429. The molecule has 0 spiro atoms. The molecule has 2 amide bonds. The van der Waals surface area contributed by atoms with Crippen molar-refractivity contribution in [2.24, 2.45) is 0 Å². The van der Waals surface area contributed by atoms with Gasteiger partial charge in [-0.2, -0.15) is 0 Å². The molecule has 1 N–H and O–H groups in total. The summed E-state index contributed by atoms with van der Waals surface area (Å²) in [5.41, 5.74) is 2.92. The molecule has 1 aliphatic heterocycles. The minimum Gasteiger partial charge on any atom is -0.497 e. The van der Waals surface area contributed by atoms with E-state index in [9.17, 15) is 14.4 Å². The first kappa shape index (κ1) is 22.8. The zero-order valence-electron chi connectivity index (χ0n) is 18.6. The second-order valence-electron chi connectivity index (χ2n) is 7.71. The van der Waals surface area contributed by atoms with Crippen LogP contribution in [0.25, 0.3) is 11.6 Å². The van der Waals surface area contributed by atoms with Crippen LogP contribution in [0.3, 0.4) is 0 Å². The maximum atomic E-state index is 13.5. The van der Waals surface area contributed by atoms with Crippen LogP contribution in [0.1, 0.15) is 33.5 Å². The van der Waals surface area contributed by atoms with Gasteiger partial charge in [0, 0.05) is 11.1 Å². The van der Waals surface area contributed by atoms with E-state index in [1.54, 1.807) is 67.8 Å². The van der Waals surface area contributed by atoms with Crippen molar-refractivity contribution in [1.29, 1.82) is 0 Å². The molecule has 7 nitrogen and oxygen atoms in total. The van der Waals surface area contributed by atoms with E-state index in [2.05, 4.69) is 0 Å². The highest BCUT2D eigenvalue weighted by atomic mass is 16.5. The third-order valence-electron chi connectivity index (χ3n) is 5.42. The van der Waals surface area contributed by atoms with Gasteiger partial charge in [-0.05, 0) is 53.1 Å². The molecule has 0 radical (unpaired) electrons. The number of benzene rings is 3. The van der Waals surface area contributed by atoms with Gasteiger partial charge in [-0.1, -0.05) is 42.5 Å². The average Bonchev–Trinajstić information content (AvgIpc) is 2.85. The SMILES string of the molecule is COc1ccc(CN2C(=O)/C(=C/c3cccc(OCCC(=O)O)c3)c3ccccc3C2=O)cc1. The van der Waals surface area contributed by atoms with Gasteiger partial charge in [-0.15, -0.1) is 0 Å². The highest BCUT2D eigenvalue weighted by Crippen LogP contribution is 2.32. The normalized spacial score (nSPS) is 14.1. The molecule has 0 aliphatic carbocycles. The van der Waals surface area contributed by atoms with Crippen LogP contribution < -0.4 is 9.47 Å². The molecule has 34 heavy (non-hydrogen) atoms. The highest BCUT2D eigenvalue weighted by molar-refractivity contribution is 6.33. The molecular weight excluding hydrogens is 434 g/mol. The summed E-state index contributed by atoms with van der Waals surface area (Å²) >= 11 is 0. The Hall–Kier alpha value is -4.39. The van der Waals surface area contributed by atoms with E-state index >= 15 is 0 Å². The molecule has 0 fully saturated rings. The number of nitrogens with zero attached hydrogens (tertiary/aromatic N) is 1. The minimum atomic E-state index is -0.940. The molecule has 0 bridgehead atoms. The summed E-state index contributed by atoms with van der Waals surface area (Å²) in [5.74, 6) is -0.491. The second-order valence-corrected chi connectivity index (χ2v) is 7.71. The van der Waals surface area contributed by atoms with E-state index in [0.717, 1.165) is 5.56 Å². The van der Waals surface area contributed by atoms with Crippen molar-refractivity contribution < 1.29 is 29.0 Å². The topological polar surface area (TPSA) is 93.1 Å². The first-order chi connectivity index (χ1) is 16.5. The van der Waals surface area contributed by atoms with Crippen molar-refractivity contribution in [3.05, 3.63) is 95.1 Å². The number of amides is 2. The predicted octanol–water partition coefficient (Wildman–Crippen LogP) is 4.27. The lowest BCUT2D eigenvalue weighted by atomic mass is 9.91. The second kappa shape index (κ2) is 10.0. The Labute approximate surface area is 196 Å². The van der Waals surface area contributed by atoms with Gasteiger partial charge >= 0.3 is 5.97 Å². The molecule has 1 heterocycles. The summed E-state index contributed by atoms with van der Waals surface area (Å²) < 4.78 is 10.7. The van der Waals surface area contributed by atoms with Gasteiger partial charge in [0.05, 0.1) is 26.7 Å². The third kappa shape index (κ3) is 4.99. The average molecular weight is 457 g/mol. The zero-order valence-corrected chi connectivity index (χ0v) is 18.6. The summed E-state index contributed by atoms with van der Waals surface area (Å²) in [5, 5.41) is 8.80. The molecule has 0 atom stereocenters. The summed E-state index contributed by atoms with van der Waals surface area (Å²) in [6.07, 6.45) is 1.61. The lowest BCUT2D eigenvalue weighted by Gasteiger charge is -2.29. The number of ether oxygens (including phenoxy) is 2. The van der Waals surface area contributed by atoms with Gasteiger partial charge in [0.25, 0.3) is 11.8 Å². The van der Waals surface area contributed by atoms with Crippen LogP contribution in [0.5, 0.6) is 11.5 Å². The molecule has 7 heteroatoms. The monoisotopic (exact) mass is 457 g/mol. The van der Waals surface area contributed by atoms with Crippen LogP contribution in [0, 0.1) is 0 Å². The molecule has 3 aromatic carbocycles. The Morgan fingerprint density at radius 3 is 2.35 bits per heavy atom. The largest absolute Gasteiger partial charge is 0.497 e. The van der Waals surface area contributed by atoms with Crippen LogP contribution in [0.2, 0.25) is 0 Å². The molecule has 0 aromatic heterocycles. The molecule has 1 aliphatic rings. The summed E-state index contributed by atoms with van der Waals surface area (Å²) in [7, 11) is 1.58. The number of imide groups is 1. The summed E-state index contributed by atoms with van der Waals surface area (Å²) in [6.45, 7) is 0.174. The Bertz CT molecular complexity index is 1260. The number of carboxylic acids is 1. The Morgan fingerprint density at radius 1 is 0.912 bits per heavy atom. The molecule has 3 aromatic rings. The van der Waals surface area contributed by atoms with Crippen LogP contribution in [-0.2, 0) is 16.1 Å². The molecule has 172 valence electrons. The lowest BCUT2D eigenvalue weighted by molar-refractivity contribution is -0.137. The van der Waals surface area contributed by atoms with E-state index in [1.165, 1.54) is 4.90 Å². The number of hydrogen-bond donors (Lipinski definition) is 1. The standard InChI is InChI=1S/C27H23NO6/c1-33-20-11-9-18(10-12-20)17-28-26(31)23-8-3-2-7-22(23)24(27(28)32)16-19-5-4-6-21(15-19)34-14-13-25(29)30/h2-12,15-16H,13-14,17H2,1H3,(H,29,30)/b24-16+. The van der Waals surface area contributed by atoms with E-state index < -0.39 is 11.9 Å². The van der Waals surface area contributed by atoms with Gasteiger partial charge < -0.3 is 14.6 Å².